The van der Waals surface area contributed by atoms with E-state index in [1.807, 2.05) is 6.92 Å². The molecule has 5 aliphatic carbocycles. The van der Waals surface area contributed by atoms with Gasteiger partial charge < -0.3 is 9.84 Å². The van der Waals surface area contributed by atoms with E-state index in [9.17, 15) is 14.7 Å². The van der Waals surface area contributed by atoms with E-state index in [0.717, 1.165) is 44.9 Å². The van der Waals surface area contributed by atoms with Crippen molar-refractivity contribution in [2.24, 2.45) is 62.6 Å². The molecule has 5 aliphatic rings. The molecule has 5 rings (SSSR count). The number of hydrogen-bond donors (Lipinski definition) is 1. The molecule has 10 atom stereocenters. The van der Waals surface area contributed by atoms with Gasteiger partial charge in [-0.15, -0.1) is 0 Å². The highest BCUT2D eigenvalue weighted by molar-refractivity contribution is 5.76. The third kappa shape index (κ3) is 3.65. The van der Waals surface area contributed by atoms with Crippen LogP contribution in [0.25, 0.3) is 0 Å². The Morgan fingerprint density at radius 2 is 1.55 bits per heavy atom. The smallest absolute Gasteiger partial charge is 0.309 e. The molecule has 38 heavy (non-hydrogen) atoms. The van der Waals surface area contributed by atoms with Gasteiger partial charge >= 0.3 is 11.9 Å². The predicted octanol–water partition coefficient (Wildman–Crippen LogP) is 8.52. The van der Waals surface area contributed by atoms with Crippen LogP contribution in [0, 0.1) is 62.6 Å². The standard InChI is InChI=1S/C34H56O4/c1-9-10-27(35)38-26-15-16-31(6)24(30(26,4)5)14-17-33(8)25(31)12-11-23-28-22(21(2)3)13-18-34(28,29(36)37)20-19-32(23,33)7/h21-26,28H,9-20H2,1-8H3,(H,36,37)/t22-,23?,24-,25+,26+,28-,31?,32+,33+,34-/m0/s1. The van der Waals surface area contributed by atoms with Crippen molar-refractivity contribution in [3.05, 3.63) is 0 Å². The van der Waals surface area contributed by atoms with Gasteiger partial charge in [-0.3, -0.25) is 9.59 Å². The number of fused-ring (bicyclic) bond motifs is 7. The number of aliphatic carboxylic acids is 1. The van der Waals surface area contributed by atoms with Gasteiger partial charge in [0.25, 0.3) is 0 Å². The fourth-order valence-corrected chi connectivity index (χ4v) is 12.4. The van der Waals surface area contributed by atoms with Gasteiger partial charge in [-0.1, -0.05) is 55.4 Å². The van der Waals surface area contributed by atoms with Gasteiger partial charge in [-0.2, -0.15) is 0 Å². The quantitative estimate of drug-likeness (QED) is 0.363. The number of carboxylic acids is 1. The number of carbonyl (C=O) groups is 2. The Hall–Kier alpha value is -1.06. The Morgan fingerprint density at radius 3 is 2.18 bits per heavy atom. The summed E-state index contributed by atoms with van der Waals surface area (Å²) in [6.45, 7) is 19.3. The summed E-state index contributed by atoms with van der Waals surface area (Å²) >= 11 is 0. The van der Waals surface area contributed by atoms with Gasteiger partial charge in [0.05, 0.1) is 5.41 Å². The molecule has 5 saturated carbocycles. The Bertz CT molecular complexity index is 954. The van der Waals surface area contributed by atoms with Crippen molar-refractivity contribution >= 4 is 11.9 Å². The summed E-state index contributed by atoms with van der Waals surface area (Å²) in [6, 6.07) is 0. The average Bonchev–Trinajstić information content (AvgIpc) is 3.23. The number of rotatable bonds is 5. The van der Waals surface area contributed by atoms with Crippen LogP contribution < -0.4 is 0 Å². The van der Waals surface area contributed by atoms with Gasteiger partial charge in [-0.25, -0.2) is 0 Å². The normalized spacial score (nSPS) is 49.4. The lowest BCUT2D eigenvalue weighted by Crippen LogP contribution is -2.67. The molecule has 5 fully saturated rings. The van der Waals surface area contributed by atoms with Crippen molar-refractivity contribution < 1.29 is 19.4 Å². The second-order valence-corrected chi connectivity index (χ2v) is 16.2. The molecule has 0 amide bonds. The van der Waals surface area contributed by atoms with Crippen molar-refractivity contribution in [2.75, 3.05) is 0 Å². The zero-order valence-corrected chi connectivity index (χ0v) is 25.7. The molecule has 0 radical (unpaired) electrons. The number of carbonyl (C=O) groups excluding carboxylic acids is 1. The highest BCUT2D eigenvalue weighted by Gasteiger charge is 2.72. The van der Waals surface area contributed by atoms with E-state index in [1.165, 1.54) is 25.7 Å². The van der Waals surface area contributed by atoms with Crippen molar-refractivity contribution in [3.63, 3.8) is 0 Å². The Balaban J connectivity index is 1.47. The number of carboxylic acid groups (broad SMARTS) is 1. The Kier molecular flexibility index (Phi) is 6.92. The first-order valence-corrected chi connectivity index (χ1v) is 16.1. The summed E-state index contributed by atoms with van der Waals surface area (Å²) in [5.41, 5.74) is 0.157. The van der Waals surface area contributed by atoms with E-state index >= 15 is 0 Å². The number of ether oxygens (including phenoxy) is 1. The maximum Gasteiger partial charge on any atom is 0.309 e. The van der Waals surface area contributed by atoms with Gasteiger partial charge in [0.2, 0.25) is 0 Å². The van der Waals surface area contributed by atoms with Crippen LogP contribution in [-0.2, 0) is 14.3 Å². The second-order valence-electron chi connectivity index (χ2n) is 16.2. The molecular weight excluding hydrogens is 472 g/mol. The Labute approximate surface area is 232 Å². The van der Waals surface area contributed by atoms with Crippen molar-refractivity contribution in [2.45, 2.75) is 139 Å². The van der Waals surface area contributed by atoms with Crippen LogP contribution in [0.2, 0.25) is 0 Å². The highest BCUT2D eigenvalue weighted by Crippen LogP contribution is 2.77. The zero-order chi connectivity index (χ0) is 27.9. The lowest BCUT2D eigenvalue weighted by atomic mass is 9.32. The lowest BCUT2D eigenvalue weighted by Gasteiger charge is -2.72. The molecule has 1 N–H and O–H groups in total. The maximum absolute atomic E-state index is 12.9. The summed E-state index contributed by atoms with van der Waals surface area (Å²) in [4.78, 5) is 25.4. The Morgan fingerprint density at radius 1 is 0.842 bits per heavy atom. The van der Waals surface area contributed by atoms with Crippen molar-refractivity contribution in [3.8, 4) is 0 Å². The second kappa shape index (κ2) is 9.23. The van der Waals surface area contributed by atoms with Crippen LogP contribution in [0.1, 0.15) is 132 Å². The summed E-state index contributed by atoms with van der Waals surface area (Å²) < 4.78 is 6.13. The first-order chi connectivity index (χ1) is 17.7. The van der Waals surface area contributed by atoms with Crippen molar-refractivity contribution in [1.82, 2.24) is 0 Å². The summed E-state index contributed by atoms with van der Waals surface area (Å²) in [5.74, 6) is 2.60. The molecule has 0 aromatic heterocycles. The van der Waals surface area contributed by atoms with Gasteiger partial charge in [0, 0.05) is 11.8 Å². The summed E-state index contributed by atoms with van der Waals surface area (Å²) in [6.07, 6.45) is 12.3. The monoisotopic (exact) mass is 528 g/mol. The third-order valence-corrected chi connectivity index (χ3v) is 14.4. The van der Waals surface area contributed by atoms with Crippen LogP contribution in [0.4, 0.5) is 0 Å². The van der Waals surface area contributed by atoms with E-state index < -0.39 is 11.4 Å². The minimum Gasteiger partial charge on any atom is -0.481 e. The maximum atomic E-state index is 12.9. The fraction of sp³-hybridized carbons (Fsp3) is 0.941. The molecule has 0 bridgehead atoms. The first kappa shape index (κ1) is 28.5. The molecule has 4 heteroatoms. The average molecular weight is 529 g/mol. The van der Waals surface area contributed by atoms with Crippen LogP contribution in [0.5, 0.6) is 0 Å². The SMILES string of the molecule is CCCC(=O)O[C@@H]1CCC2(C)[C@H]3CCC4[C@@H]5[C@H](C(C)C)CC[C@]5(C(=O)O)CC[C@@]4(C)[C@]3(C)CC[C@H]2C1(C)C. The van der Waals surface area contributed by atoms with Gasteiger partial charge in [0.15, 0.2) is 0 Å². The number of esters is 1. The largest absolute Gasteiger partial charge is 0.481 e. The molecule has 216 valence electrons. The van der Waals surface area contributed by atoms with Crippen LogP contribution >= 0.6 is 0 Å². The molecule has 0 aliphatic heterocycles. The molecule has 4 nitrogen and oxygen atoms in total. The minimum atomic E-state index is -0.506. The number of hydrogen-bond acceptors (Lipinski definition) is 3. The van der Waals surface area contributed by atoms with Crippen LogP contribution in [0.3, 0.4) is 0 Å². The lowest BCUT2D eigenvalue weighted by molar-refractivity contribution is -0.251. The predicted molar refractivity (Wildman–Crippen MR) is 151 cm³/mol. The van der Waals surface area contributed by atoms with Gasteiger partial charge in [0.1, 0.15) is 6.10 Å². The first-order valence-electron chi connectivity index (χ1n) is 16.1. The fourth-order valence-electron chi connectivity index (χ4n) is 12.4. The molecule has 0 aromatic rings. The molecule has 0 heterocycles. The highest BCUT2D eigenvalue weighted by atomic mass is 16.5. The molecule has 2 unspecified atom stereocenters. The molecular formula is C34H56O4. The van der Waals surface area contributed by atoms with E-state index in [2.05, 4.69) is 48.5 Å². The van der Waals surface area contributed by atoms with Crippen LogP contribution in [-0.4, -0.2) is 23.1 Å². The van der Waals surface area contributed by atoms with Gasteiger partial charge in [-0.05, 0) is 122 Å². The summed E-state index contributed by atoms with van der Waals surface area (Å²) in [5, 5.41) is 10.6. The topological polar surface area (TPSA) is 63.6 Å². The zero-order valence-electron chi connectivity index (χ0n) is 25.7. The summed E-state index contributed by atoms with van der Waals surface area (Å²) in [7, 11) is 0. The van der Waals surface area contributed by atoms with E-state index in [-0.39, 0.29) is 33.7 Å². The van der Waals surface area contributed by atoms with Crippen LogP contribution in [0.15, 0.2) is 0 Å². The van der Waals surface area contributed by atoms with Crippen molar-refractivity contribution in [1.29, 1.82) is 0 Å². The molecule has 0 saturated heterocycles. The minimum absolute atomic E-state index is 0.0191. The van der Waals surface area contributed by atoms with E-state index in [4.69, 9.17) is 4.74 Å². The van der Waals surface area contributed by atoms with E-state index in [1.54, 1.807) is 0 Å². The molecule has 0 spiro atoms. The van der Waals surface area contributed by atoms with E-state index in [0.29, 0.717) is 41.9 Å². The third-order valence-electron chi connectivity index (χ3n) is 14.4. The molecule has 0 aromatic carbocycles.